The molecule has 2 aromatic carbocycles. The number of nitrogens with zero attached hydrogens (tertiary/aromatic N) is 8. The lowest BCUT2D eigenvalue weighted by Gasteiger charge is -2.27. The fourth-order valence-corrected chi connectivity index (χ4v) is 5.06. The predicted molar refractivity (Wildman–Crippen MR) is 149 cm³/mol. The molecule has 1 N–H and O–H groups in total. The number of imidazole rings is 1. The molecule has 3 aromatic heterocycles. The van der Waals surface area contributed by atoms with Gasteiger partial charge >= 0.3 is 0 Å². The largest absolute Gasteiger partial charge is 0.334 e. The van der Waals surface area contributed by atoms with E-state index in [0.717, 1.165) is 26.9 Å². The van der Waals surface area contributed by atoms with Crippen molar-refractivity contribution < 1.29 is 9.72 Å². The van der Waals surface area contributed by atoms with Crippen LogP contribution in [-0.4, -0.2) is 57.0 Å². The molecule has 0 unspecified atom stereocenters. The molecule has 1 amide bonds. The third kappa shape index (κ3) is 4.68. The van der Waals surface area contributed by atoms with Crippen LogP contribution >= 0.6 is 15.9 Å². The van der Waals surface area contributed by atoms with E-state index in [9.17, 15) is 14.9 Å². The van der Waals surface area contributed by atoms with E-state index in [2.05, 4.69) is 67.3 Å². The number of hydrogen-bond donors (Lipinski definition) is 1. The Labute approximate surface area is 236 Å². The molecule has 1 aliphatic rings. The van der Waals surface area contributed by atoms with Crippen LogP contribution in [0.15, 0.2) is 65.5 Å². The first-order valence-electron chi connectivity index (χ1n) is 12.6. The van der Waals surface area contributed by atoms with Gasteiger partial charge in [-0.15, -0.1) is 5.10 Å². The Morgan fingerprint density at radius 2 is 2.02 bits per heavy atom. The topological polar surface area (TPSA) is 141 Å². The van der Waals surface area contributed by atoms with Crippen molar-refractivity contribution in [1.82, 2.24) is 39.6 Å². The molecule has 0 aliphatic carbocycles. The number of amides is 1. The van der Waals surface area contributed by atoms with Gasteiger partial charge in [-0.1, -0.05) is 45.4 Å². The zero-order chi connectivity index (χ0) is 28.0. The molecule has 0 saturated heterocycles. The number of rotatable bonds is 6. The average Bonchev–Trinajstić information content (AvgIpc) is 3.73. The third-order valence-corrected chi connectivity index (χ3v) is 8.03. The van der Waals surface area contributed by atoms with Crippen molar-refractivity contribution in [2.75, 3.05) is 6.54 Å². The van der Waals surface area contributed by atoms with E-state index in [4.69, 9.17) is 0 Å². The maximum atomic E-state index is 13.4. The number of H-pyrrole nitrogens is 1. The molecule has 4 heterocycles. The van der Waals surface area contributed by atoms with E-state index in [0.29, 0.717) is 42.4 Å². The first-order chi connectivity index (χ1) is 19.3. The molecular weight excluding hydrogens is 578 g/mol. The van der Waals surface area contributed by atoms with E-state index < -0.39 is 4.92 Å². The van der Waals surface area contributed by atoms with E-state index in [1.807, 2.05) is 21.6 Å². The van der Waals surface area contributed by atoms with Gasteiger partial charge in [0.1, 0.15) is 17.2 Å². The molecular formula is C27H24BrN9O3. The molecule has 0 bridgehead atoms. The number of nitrogens with one attached hydrogen (secondary N) is 1. The van der Waals surface area contributed by atoms with Crippen LogP contribution in [0.2, 0.25) is 0 Å². The summed E-state index contributed by atoms with van der Waals surface area (Å²) in [6.07, 6.45) is 5.13. The number of aromatic amines is 1. The molecule has 5 aromatic rings. The van der Waals surface area contributed by atoms with Crippen LogP contribution < -0.4 is 0 Å². The Kier molecular flexibility index (Phi) is 6.50. The smallest absolute Gasteiger partial charge is 0.272 e. The molecule has 1 aliphatic heterocycles. The summed E-state index contributed by atoms with van der Waals surface area (Å²) < 4.78 is 4.78. The lowest BCUT2D eigenvalue weighted by atomic mass is 10.1. The fraction of sp³-hybridized carbons (Fsp3) is 0.222. The second kappa shape index (κ2) is 10.2. The molecule has 0 saturated carbocycles. The van der Waals surface area contributed by atoms with E-state index in [-0.39, 0.29) is 17.6 Å². The van der Waals surface area contributed by atoms with Crippen molar-refractivity contribution in [3.8, 4) is 22.6 Å². The molecule has 0 radical (unpaired) electrons. The van der Waals surface area contributed by atoms with Gasteiger partial charge in [-0.3, -0.25) is 19.6 Å². The molecule has 202 valence electrons. The van der Waals surface area contributed by atoms with Crippen molar-refractivity contribution in [1.29, 1.82) is 0 Å². The molecule has 40 heavy (non-hydrogen) atoms. The molecule has 13 heteroatoms. The minimum absolute atomic E-state index is 0.0156. The standard InChI is InChI=1S/C27H24BrN9O3/c1-16-10-18(6-7-22(16)28)17(2)36-14-24(32-33-36)21-12-30-35-9-8-34(15-25(21)35)27(38)23-13-29-26(31-23)19-4-3-5-20(11-19)37(39)40/h3-7,10-14,17H,8-9,15H2,1-2H3,(H,29,31)/t17-/m1/s1. The number of aryl methyl sites for hydroxylation is 1. The monoisotopic (exact) mass is 601 g/mol. The highest BCUT2D eigenvalue weighted by atomic mass is 79.9. The third-order valence-electron chi connectivity index (χ3n) is 7.14. The summed E-state index contributed by atoms with van der Waals surface area (Å²) in [4.78, 5) is 33.1. The van der Waals surface area contributed by atoms with Crippen LogP contribution in [0.4, 0.5) is 5.69 Å². The number of nitro benzene ring substituents is 1. The number of carbonyl (C=O) groups is 1. The van der Waals surface area contributed by atoms with Crippen molar-refractivity contribution in [3.05, 3.63) is 98.2 Å². The lowest BCUT2D eigenvalue weighted by Crippen LogP contribution is -2.38. The highest BCUT2D eigenvalue weighted by molar-refractivity contribution is 9.10. The Morgan fingerprint density at radius 1 is 1.18 bits per heavy atom. The highest BCUT2D eigenvalue weighted by Gasteiger charge is 2.27. The number of non-ortho nitro benzene ring substituents is 1. The Morgan fingerprint density at radius 3 is 2.83 bits per heavy atom. The van der Waals surface area contributed by atoms with Crippen molar-refractivity contribution >= 4 is 27.5 Å². The number of fused-ring (bicyclic) bond motifs is 1. The average molecular weight is 602 g/mol. The van der Waals surface area contributed by atoms with Gasteiger partial charge in [-0.25, -0.2) is 9.67 Å². The second-order valence-corrected chi connectivity index (χ2v) is 10.5. The number of aromatic nitrogens is 7. The SMILES string of the molecule is Cc1cc([C@@H](C)n2cc(-c3cnn4c3CN(C(=O)c3cnc(-c5cccc([N+](=O)[O-])c5)[nH]3)CC4)nn2)ccc1Br. The minimum atomic E-state index is -0.464. The maximum absolute atomic E-state index is 13.4. The predicted octanol–water partition coefficient (Wildman–Crippen LogP) is 4.78. The van der Waals surface area contributed by atoms with Crippen LogP contribution in [0.1, 0.15) is 40.3 Å². The first kappa shape index (κ1) is 25.6. The van der Waals surface area contributed by atoms with Gasteiger partial charge in [0.25, 0.3) is 11.6 Å². The first-order valence-corrected chi connectivity index (χ1v) is 13.4. The van der Waals surface area contributed by atoms with Gasteiger partial charge in [-0.05, 0) is 31.0 Å². The Balaban J connectivity index is 1.21. The van der Waals surface area contributed by atoms with Gasteiger partial charge in [0.15, 0.2) is 0 Å². The van der Waals surface area contributed by atoms with E-state index in [1.54, 1.807) is 23.2 Å². The molecule has 6 rings (SSSR count). The summed E-state index contributed by atoms with van der Waals surface area (Å²) in [6, 6.07) is 12.3. The van der Waals surface area contributed by atoms with Gasteiger partial charge in [-0.2, -0.15) is 5.10 Å². The summed E-state index contributed by atoms with van der Waals surface area (Å²) >= 11 is 3.55. The van der Waals surface area contributed by atoms with Crippen LogP contribution in [0.3, 0.4) is 0 Å². The van der Waals surface area contributed by atoms with Gasteiger partial charge in [0.05, 0.1) is 48.3 Å². The number of nitro groups is 1. The molecule has 0 fully saturated rings. The molecule has 12 nitrogen and oxygen atoms in total. The zero-order valence-electron chi connectivity index (χ0n) is 21.7. The van der Waals surface area contributed by atoms with Crippen molar-refractivity contribution in [3.63, 3.8) is 0 Å². The summed E-state index contributed by atoms with van der Waals surface area (Å²) in [5, 5.41) is 24.5. The second-order valence-electron chi connectivity index (χ2n) is 9.68. The number of benzene rings is 2. The minimum Gasteiger partial charge on any atom is -0.334 e. The van der Waals surface area contributed by atoms with Crippen molar-refractivity contribution in [2.24, 2.45) is 0 Å². The Hall–Kier alpha value is -4.65. The maximum Gasteiger partial charge on any atom is 0.272 e. The van der Waals surface area contributed by atoms with Crippen LogP contribution in [-0.2, 0) is 13.1 Å². The highest BCUT2D eigenvalue weighted by Crippen LogP contribution is 2.29. The zero-order valence-corrected chi connectivity index (χ0v) is 23.2. The fourth-order valence-electron chi connectivity index (χ4n) is 4.82. The van der Waals surface area contributed by atoms with Crippen LogP contribution in [0.5, 0.6) is 0 Å². The quantitative estimate of drug-likeness (QED) is 0.218. The summed E-state index contributed by atoms with van der Waals surface area (Å²) in [5.74, 6) is 0.173. The van der Waals surface area contributed by atoms with Crippen molar-refractivity contribution in [2.45, 2.75) is 33.0 Å². The van der Waals surface area contributed by atoms with Crippen LogP contribution in [0.25, 0.3) is 22.6 Å². The summed E-state index contributed by atoms with van der Waals surface area (Å²) in [7, 11) is 0. The molecule has 1 atom stereocenters. The Bertz CT molecular complexity index is 1760. The summed E-state index contributed by atoms with van der Waals surface area (Å²) in [5.41, 5.74) is 5.44. The lowest BCUT2D eigenvalue weighted by molar-refractivity contribution is -0.384. The van der Waals surface area contributed by atoms with Gasteiger partial charge in [0.2, 0.25) is 0 Å². The van der Waals surface area contributed by atoms with E-state index >= 15 is 0 Å². The number of halogens is 1. The normalized spacial score (nSPS) is 13.7. The van der Waals surface area contributed by atoms with Crippen LogP contribution in [0, 0.1) is 17.0 Å². The van der Waals surface area contributed by atoms with E-state index in [1.165, 1.54) is 18.3 Å². The number of carbonyl (C=O) groups excluding carboxylic acids is 1. The summed E-state index contributed by atoms with van der Waals surface area (Å²) in [6.45, 7) is 5.48. The van der Waals surface area contributed by atoms with Gasteiger partial charge in [0, 0.05) is 34.3 Å². The molecule has 0 spiro atoms. The van der Waals surface area contributed by atoms with Gasteiger partial charge < -0.3 is 9.88 Å². The number of hydrogen-bond acceptors (Lipinski definition) is 7.